The van der Waals surface area contributed by atoms with E-state index in [-0.39, 0.29) is 16.7 Å². The number of carbonyl (C=O) groups excluding carboxylic acids is 1. The predicted octanol–water partition coefficient (Wildman–Crippen LogP) is 4.09. The second-order valence-electron chi connectivity index (χ2n) is 6.59. The Morgan fingerprint density at radius 2 is 1.95 bits per heavy atom. The Balaban J connectivity index is 2.29. The summed E-state index contributed by atoms with van der Waals surface area (Å²) in [4.78, 5) is 11.8. The summed E-state index contributed by atoms with van der Waals surface area (Å²) in [6.45, 7) is 9.09. The molecule has 0 aliphatic heterocycles. The summed E-state index contributed by atoms with van der Waals surface area (Å²) >= 11 is 6.24. The zero-order valence-electron chi connectivity index (χ0n) is 13.0. The molecule has 0 spiro atoms. The van der Waals surface area contributed by atoms with E-state index in [1.54, 1.807) is 0 Å². The Labute approximate surface area is 127 Å². The molecule has 112 valence electrons. The predicted molar refractivity (Wildman–Crippen MR) is 86.2 cm³/mol. The smallest absolute Gasteiger partial charge is 0.220 e. The fourth-order valence-corrected chi connectivity index (χ4v) is 2.73. The minimum atomic E-state index is -0.00240. The first-order valence-corrected chi connectivity index (χ1v) is 7.67. The van der Waals surface area contributed by atoms with Gasteiger partial charge in [0.15, 0.2) is 0 Å². The van der Waals surface area contributed by atoms with E-state index in [1.807, 2.05) is 12.1 Å². The summed E-state index contributed by atoms with van der Waals surface area (Å²) in [7, 11) is 0. The number of nitrogens with one attached hydrogen (secondary N) is 1. The average molecular weight is 296 g/mol. The van der Waals surface area contributed by atoms with Crippen molar-refractivity contribution in [1.82, 2.24) is 5.32 Å². The number of hydrogen-bond acceptors (Lipinski definition) is 1. The fraction of sp³-hybridized carbons (Fsp3) is 0.588. The van der Waals surface area contributed by atoms with Gasteiger partial charge < -0.3 is 5.32 Å². The molecule has 0 aliphatic carbocycles. The van der Waals surface area contributed by atoms with Gasteiger partial charge in [0.05, 0.1) is 5.38 Å². The van der Waals surface area contributed by atoms with Gasteiger partial charge in [-0.3, -0.25) is 4.79 Å². The molecule has 1 rings (SSSR count). The number of rotatable bonds is 6. The highest BCUT2D eigenvalue weighted by Crippen LogP contribution is 2.23. The maximum atomic E-state index is 11.8. The maximum Gasteiger partial charge on any atom is 0.220 e. The van der Waals surface area contributed by atoms with E-state index < -0.39 is 0 Å². The molecule has 1 unspecified atom stereocenters. The van der Waals surface area contributed by atoms with Crippen molar-refractivity contribution in [1.29, 1.82) is 0 Å². The number of hydrogen-bond donors (Lipinski definition) is 1. The van der Waals surface area contributed by atoms with Crippen LogP contribution in [0.4, 0.5) is 0 Å². The second kappa shape index (κ2) is 7.68. The van der Waals surface area contributed by atoms with E-state index in [4.69, 9.17) is 11.6 Å². The zero-order valence-corrected chi connectivity index (χ0v) is 13.8. The number of alkyl halides is 1. The van der Waals surface area contributed by atoms with Gasteiger partial charge >= 0.3 is 0 Å². The molecule has 0 aliphatic rings. The van der Waals surface area contributed by atoms with E-state index >= 15 is 0 Å². The molecule has 3 heteroatoms. The SMILES string of the molecule is Cc1ccccc1CCC(=O)NCC(Cl)CC(C)(C)C. The molecule has 0 fully saturated rings. The summed E-state index contributed by atoms with van der Waals surface area (Å²) in [6.07, 6.45) is 2.20. The van der Waals surface area contributed by atoms with Crippen molar-refractivity contribution in [3.05, 3.63) is 35.4 Å². The van der Waals surface area contributed by atoms with E-state index in [2.05, 4.69) is 45.1 Å². The first-order valence-electron chi connectivity index (χ1n) is 7.23. The maximum absolute atomic E-state index is 11.8. The molecule has 1 amide bonds. The van der Waals surface area contributed by atoms with Crippen LogP contribution in [0.5, 0.6) is 0 Å². The lowest BCUT2D eigenvalue weighted by Crippen LogP contribution is -2.31. The van der Waals surface area contributed by atoms with E-state index in [0.717, 1.165) is 12.8 Å². The van der Waals surface area contributed by atoms with Crippen LogP contribution in [0.1, 0.15) is 44.7 Å². The summed E-state index contributed by atoms with van der Waals surface area (Å²) in [5.41, 5.74) is 2.67. The number of benzene rings is 1. The van der Waals surface area contributed by atoms with Crippen molar-refractivity contribution in [3.63, 3.8) is 0 Å². The van der Waals surface area contributed by atoms with Crippen LogP contribution in [0, 0.1) is 12.3 Å². The fourth-order valence-electron chi connectivity index (χ4n) is 2.19. The van der Waals surface area contributed by atoms with Crippen molar-refractivity contribution in [3.8, 4) is 0 Å². The van der Waals surface area contributed by atoms with Crippen LogP contribution in [-0.4, -0.2) is 17.8 Å². The largest absolute Gasteiger partial charge is 0.355 e. The van der Waals surface area contributed by atoms with Crippen molar-refractivity contribution >= 4 is 17.5 Å². The van der Waals surface area contributed by atoms with Gasteiger partial charge in [0, 0.05) is 13.0 Å². The van der Waals surface area contributed by atoms with Crippen molar-refractivity contribution in [2.45, 2.75) is 52.3 Å². The Morgan fingerprint density at radius 1 is 1.30 bits per heavy atom. The normalized spacial score (nSPS) is 13.1. The lowest BCUT2D eigenvalue weighted by molar-refractivity contribution is -0.121. The number of carbonyl (C=O) groups is 1. The Hall–Kier alpha value is -1.02. The van der Waals surface area contributed by atoms with Crippen LogP contribution in [0.25, 0.3) is 0 Å². The summed E-state index contributed by atoms with van der Waals surface area (Å²) in [6, 6.07) is 8.18. The van der Waals surface area contributed by atoms with Crippen LogP contribution in [-0.2, 0) is 11.2 Å². The van der Waals surface area contributed by atoms with E-state index in [9.17, 15) is 4.79 Å². The molecule has 0 bridgehead atoms. The second-order valence-corrected chi connectivity index (χ2v) is 7.21. The van der Waals surface area contributed by atoms with E-state index in [1.165, 1.54) is 11.1 Å². The van der Waals surface area contributed by atoms with Crippen LogP contribution in [0.3, 0.4) is 0 Å². The highest BCUT2D eigenvalue weighted by molar-refractivity contribution is 6.20. The Kier molecular flexibility index (Phi) is 6.54. The van der Waals surface area contributed by atoms with E-state index in [0.29, 0.717) is 13.0 Å². The molecule has 0 radical (unpaired) electrons. The van der Waals surface area contributed by atoms with Crippen LogP contribution in [0.2, 0.25) is 0 Å². The molecular formula is C17H26ClNO. The minimum Gasteiger partial charge on any atom is -0.355 e. The number of amides is 1. The minimum absolute atomic E-state index is 0.00240. The van der Waals surface area contributed by atoms with Gasteiger partial charge in [-0.2, -0.15) is 0 Å². The lowest BCUT2D eigenvalue weighted by atomic mass is 9.90. The standard InChI is InChI=1S/C17H26ClNO/c1-13-7-5-6-8-14(13)9-10-16(20)19-12-15(18)11-17(2,3)4/h5-8,15H,9-12H2,1-4H3,(H,19,20). The van der Waals surface area contributed by atoms with Gasteiger partial charge in [-0.25, -0.2) is 0 Å². The molecule has 1 aromatic rings. The van der Waals surface area contributed by atoms with Crippen molar-refractivity contribution in [2.24, 2.45) is 5.41 Å². The van der Waals surface area contributed by atoms with Gasteiger partial charge in [-0.05, 0) is 36.3 Å². The molecule has 0 saturated carbocycles. The Morgan fingerprint density at radius 3 is 2.55 bits per heavy atom. The summed E-state index contributed by atoms with van der Waals surface area (Å²) in [5.74, 6) is 0.0767. The average Bonchev–Trinajstić information content (AvgIpc) is 2.33. The molecule has 0 heterocycles. The highest BCUT2D eigenvalue weighted by atomic mass is 35.5. The van der Waals surface area contributed by atoms with Gasteiger partial charge in [0.1, 0.15) is 0 Å². The molecule has 0 aromatic heterocycles. The summed E-state index contributed by atoms with van der Waals surface area (Å²) < 4.78 is 0. The number of aryl methyl sites for hydroxylation is 2. The molecule has 1 aromatic carbocycles. The van der Waals surface area contributed by atoms with Gasteiger partial charge in [0.2, 0.25) is 5.91 Å². The van der Waals surface area contributed by atoms with Crippen LogP contribution in [0.15, 0.2) is 24.3 Å². The molecule has 0 saturated heterocycles. The highest BCUT2D eigenvalue weighted by Gasteiger charge is 2.17. The zero-order chi connectivity index (χ0) is 15.2. The quantitative estimate of drug-likeness (QED) is 0.787. The molecule has 1 atom stereocenters. The number of halogens is 1. The molecule has 2 nitrogen and oxygen atoms in total. The summed E-state index contributed by atoms with van der Waals surface area (Å²) in [5, 5.41) is 2.92. The van der Waals surface area contributed by atoms with Gasteiger partial charge in [0.25, 0.3) is 0 Å². The molecule has 20 heavy (non-hydrogen) atoms. The van der Waals surface area contributed by atoms with Crippen molar-refractivity contribution in [2.75, 3.05) is 6.54 Å². The van der Waals surface area contributed by atoms with Crippen LogP contribution >= 0.6 is 11.6 Å². The van der Waals surface area contributed by atoms with Gasteiger partial charge in [-0.15, -0.1) is 11.6 Å². The third kappa shape index (κ3) is 6.95. The topological polar surface area (TPSA) is 29.1 Å². The lowest BCUT2D eigenvalue weighted by Gasteiger charge is -2.22. The molecule has 1 N–H and O–H groups in total. The third-order valence-electron chi connectivity index (χ3n) is 3.24. The monoisotopic (exact) mass is 295 g/mol. The third-order valence-corrected chi connectivity index (χ3v) is 3.55. The van der Waals surface area contributed by atoms with Crippen LogP contribution < -0.4 is 5.32 Å². The Bertz CT molecular complexity index is 437. The molecular weight excluding hydrogens is 270 g/mol. The first kappa shape index (κ1) is 17.0. The van der Waals surface area contributed by atoms with Gasteiger partial charge in [-0.1, -0.05) is 45.0 Å². The first-order chi connectivity index (χ1) is 9.28. The van der Waals surface area contributed by atoms with Crippen molar-refractivity contribution < 1.29 is 4.79 Å².